The second kappa shape index (κ2) is 11.3. The molecule has 0 saturated heterocycles. The number of aliphatic hydroxyl groups is 2. The molecule has 0 heterocycles. The molecule has 0 aliphatic heterocycles. The Hall–Kier alpha value is -1.39. The zero-order valence-corrected chi connectivity index (χ0v) is 13.6. The molecule has 0 rings (SSSR count). The molecule has 0 spiro atoms. The number of ether oxygens (including phenoxy) is 1. The molecule has 0 bridgehead atoms. The summed E-state index contributed by atoms with van der Waals surface area (Å²) < 4.78 is 5.29. The summed E-state index contributed by atoms with van der Waals surface area (Å²) in [5.41, 5.74) is 3.09. The molecule has 0 fully saturated rings. The third-order valence-electron chi connectivity index (χ3n) is 3.03. The SMILES string of the molecule is CC(=O)O[C@H](/C=C(\C)CC/C=C(\C)CO)C/C(C)=C/CO. The van der Waals surface area contributed by atoms with E-state index >= 15 is 0 Å². The summed E-state index contributed by atoms with van der Waals surface area (Å²) in [4.78, 5) is 11.2. The van der Waals surface area contributed by atoms with E-state index in [0.29, 0.717) is 6.42 Å². The van der Waals surface area contributed by atoms with E-state index in [2.05, 4.69) is 0 Å². The molecule has 2 N–H and O–H groups in total. The number of hydrogen-bond donors (Lipinski definition) is 2. The highest BCUT2D eigenvalue weighted by molar-refractivity contribution is 5.66. The van der Waals surface area contributed by atoms with Crippen LogP contribution < -0.4 is 0 Å². The van der Waals surface area contributed by atoms with Crippen LogP contribution in [0.3, 0.4) is 0 Å². The van der Waals surface area contributed by atoms with Crippen molar-refractivity contribution < 1.29 is 19.7 Å². The van der Waals surface area contributed by atoms with Crippen LogP contribution in [0.1, 0.15) is 47.0 Å². The zero-order chi connectivity index (χ0) is 16.3. The van der Waals surface area contributed by atoms with E-state index in [0.717, 1.165) is 29.6 Å². The van der Waals surface area contributed by atoms with Crippen LogP contribution >= 0.6 is 0 Å². The molecule has 4 heteroatoms. The maximum atomic E-state index is 11.2. The lowest BCUT2D eigenvalue weighted by Gasteiger charge is -2.15. The molecule has 1 atom stereocenters. The number of hydrogen-bond acceptors (Lipinski definition) is 4. The van der Waals surface area contributed by atoms with Gasteiger partial charge < -0.3 is 14.9 Å². The van der Waals surface area contributed by atoms with E-state index in [4.69, 9.17) is 14.9 Å². The summed E-state index contributed by atoms with van der Waals surface area (Å²) in [7, 11) is 0. The fourth-order valence-corrected chi connectivity index (χ4v) is 1.92. The first-order valence-corrected chi connectivity index (χ1v) is 7.26. The average molecular weight is 296 g/mol. The molecule has 0 aromatic carbocycles. The predicted molar refractivity (Wildman–Crippen MR) is 84.8 cm³/mol. The molecule has 4 nitrogen and oxygen atoms in total. The number of esters is 1. The van der Waals surface area contributed by atoms with Gasteiger partial charge in [-0.25, -0.2) is 0 Å². The summed E-state index contributed by atoms with van der Waals surface area (Å²) in [6, 6.07) is 0. The minimum atomic E-state index is -0.308. The normalized spacial score (nSPS) is 15.0. The van der Waals surface area contributed by atoms with Gasteiger partial charge in [-0.3, -0.25) is 4.79 Å². The van der Waals surface area contributed by atoms with E-state index in [1.165, 1.54) is 6.92 Å². The first kappa shape index (κ1) is 19.6. The van der Waals surface area contributed by atoms with Gasteiger partial charge in [0.2, 0.25) is 0 Å². The zero-order valence-electron chi connectivity index (χ0n) is 13.6. The third kappa shape index (κ3) is 11.0. The van der Waals surface area contributed by atoms with Gasteiger partial charge in [0.15, 0.2) is 0 Å². The van der Waals surface area contributed by atoms with Crippen molar-refractivity contribution in [3.8, 4) is 0 Å². The van der Waals surface area contributed by atoms with Gasteiger partial charge in [0.1, 0.15) is 6.10 Å². The molecule has 0 amide bonds. The van der Waals surface area contributed by atoms with E-state index in [-0.39, 0.29) is 25.3 Å². The second-order valence-corrected chi connectivity index (χ2v) is 5.35. The summed E-state index contributed by atoms with van der Waals surface area (Å²) in [5.74, 6) is -0.308. The van der Waals surface area contributed by atoms with E-state index in [9.17, 15) is 4.79 Å². The van der Waals surface area contributed by atoms with Crippen LogP contribution in [0.2, 0.25) is 0 Å². The summed E-state index contributed by atoms with van der Waals surface area (Å²) in [5, 5.41) is 17.8. The lowest BCUT2D eigenvalue weighted by atomic mass is 10.0. The Bertz CT molecular complexity index is 405. The van der Waals surface area contributed by atoms with Crippen LogP contribution in [0.5, 0.6) is 0 Å². The van der Waals surface area contributed by atoms with Crippen molar-refractivity contribution >= 4 is 5.97 Å². The largest absolute Gasteiger partial charge is 0.458 e. The van der Waals surface area contributed by atoms with Gasteiger partial charge in [-0.15, -0.1) is 0 Å². The third-order valence-corrected chi connectivity index (χ3v) is 3.03. The van der Waals surface area contributed by atoms with Crippen LogP contribution in [-0.4, -0.2) is 35.5 Å². The molecule has 0 saturated carbocycles. The Morgan fingerprint density at radius 2 is 1.71 bits per heavy atom. The predicted octanol–water partition coefficient (Wildman–Crippen LogP) is 2.91. The number of carbonyl (C=O) groups excluding carboxylic acids is 1. The van der Waals surface area contributed by atoms with E-state index < -0.39 is 0 Å². The maximum Gasteiger partial charge on any atom is 0.303 e. The highest BCUT2D eigenvalue weighted by atomic mass is 16.5. The Balaban J connectivity index is 4.64. The Kier molecular flexibility index (Phi) is 10.5. The molecule has 0 radical (unpaired) electrons. The Labute approximate surface area is 127 Å². The molecular weight excluding hydrogens is 268 g/mol. The standard InChI is InChI=1S/C17H28O4/c1-13(6-5-7-15(3)12-19)10-17(21-16(4)20)11-14(2)8-9-18/h7-8,10,17-19H,5-6,9,11-12H2,1-4H3/b13-10+,14-8+,15-7+/t17-/m1/s1. The Morgan fingerprint density at radius 3 is 2.24 bits per heavy atom. The molecule has 0 aromatic rings. The lowest BCUT2D eigenvalue weighted by molar-refractivity contribution is -0.144. The van der Waals surface area contributed by atoms with Crippen LogP contribution in [0.15, 0.2) is 34.9 Å². The monoisotopic (exact) mass is 296 g/mol. The molecule has 0 unspecified atom stereocenters. The molecule has 21 heavy (non-hydrogen) atoms. The van der Waals surface area contributed by atoms with Crippen molar-refractivity contribution in [3.63, 3.8) is 0 Å². The van der Waals surface area contributed by atoms with Crippen molar-refractivity contribution in [2.75, 3.05) is 13.2 Å². The van der Waals surface area contributed by atoms with Crippen molar-refractivity contribution in [1.29, 1.82) is 0 Å². The molecule has 120 valence electrons. The second-order valence-electron chi connectivity index (χ2n) is 5.35. The minimum Gasteiger partial charge on any atom is -0.458 e. The van der Waals surface area contributed by atoms with Gasteiger partial charge >= 0.3 is 5.97 Å². The lowest BCUT2D eigenvalue weighted by Crippen LogP contribution is -2.15. The summed E-state index contributed by atoms with van der Waals surface area (Å²) in [6.07, 6.45) is 7.68. The fraction of sp³-hybridized carbons (Fsp3) is 0.588. The van der Waals surface area contributed by atoms with E-state index in [1.807, 2.05) is 32.9 Å². The average Bonchev–Trinajstić information content (AvgIpc) is 2.37. The van der Waals surface area contributed by atoms with Crippen LogP contribution in [0.4, 0.5) is 0 Å². The molecule has 0 aliphatic carbocycles. The first-order chi connectivity index (χ1) is 9.88. The molecular formula is C17H28O4. The highest BCUT2D eigenvalue weighted by Gasteiger charge is 2.10. The van der Waals surface area contributed by atoms with Crippen LogP contribution in [-0.2, 0) is 9.53 Å². The van der Waals surface area contributed by atoms with Crippen molar-refractivity contribution in [1.82, 2.24) is 0 Å². The van der Waals surface area contributed by atoms with Gasteiger partial charge in [-0.05, 0) is 39.7 Å². The molecule has 0 aromatic heterocycles. The van der Waals surface area contributed by atoms with Crippen LogP contribution in [0, 0.1) is 0 Å². The summed E-state index contributed by atoms with van der Waals surface area (Å²) in [6.45, 7) is 7.28. The van der Waals surface area contributed by atoms with Gasteiger partial charge in [0.25, 0.3) is 0 Å². The number of aliphatic hydroxyl groups excluding tert-OH is 2. The number of rotatable bonds is 9. The number of carbonyl (C=O) groups is 1. The topological polar surface area (TPSA) is 66.8 Å². The summed E-state index contributed by atoms with van der Waals surface area (Å²) >= 11 is 0. The highest BCUT2D eigenvalue weighted by Crippen LogP contribution is 2.15. The van der Waals surface area contributed by atoms with Gasteiger partial charge in [-0.1, -0.05) is 28.9 Å². The first-order valence-electron chi connectivity index (χ1n) is 7.26. The minimum absolute atomic E-state index is 0.00739. The smallest absolute Gasteiger partial charge is 0.303 e. The number of allylic oxidation sites excluding steroid dienone is 2. The van der Waals surface area contributed by atoms with E-state index in [1.54, 1.807) is 6.08 Å². The van der Waals surface area contributed by atoms with Crippen molar-refractivity contribution in [2.24, 2.45) is 0 Å². The quantitative estimate of drug-likeness (QED) is 0.507. The fourth-order valence-electron chi connectivity index (χ4n) is 1.92. The van der Waals surface area contributed by atoms with Crippen molar-refractivity contribution in [3.05, 3.63) is 34.9 Å². The van der Waals surface area contributed by atoms with Crippen LogP contribution in [0.25, 0.3) is 0 Å². The van der Waals surface area contributed by atoms with Gasteiger partial charge in [0.05, 0.1) is 13.2 Å². The Morgan fingerprint density at radius 1 is 1.05 bits per heavy atom. The van der Waals surface area contributed by atoms with Crippen molar-refractivity contribution in [2.45, 2.75) is 53.1 Å². The van der Waals surface area contributed by atoms with Gasteiger partial charge in [-0.2, -0.15) is 0 Å². The molecule has 0 aliphatic rings. The van der Waals surface area contributed by atoms with Gasteiger partial charge in [0, 0.05) is 13.3 Å². The maximum absolute atomic E-state index is 11.2.